The van der Waals surface area contributed by atoms with Gasteiger partial charge in [-0.3, -0.25) is 9.78 Å². The number of Topliss-reactive ketones (excluding diaryl/α,β-unsaturated/α-hetero) is 1. The molecule has 2 aromatic rings. The molecule has 1 aliphatic rings. The van der Waals surface area contributed by atoms with Gasteiger partial charge in [-0.05, 0) is 37.0 Å². The van der Waals surface area contributed by atoms with Gasteiger partial charge in [0.05, 0.1) is 11.8 Å². The molecule has 3 nitrogen and oxygen atoms in total. The van der Waals surface area contributed by atoms with Gasteiger partial charge in [-0.2, -0.15) is 0 Å². The van der Waals surface area contributed by atoms with Crippen molar-refractivity contribution in [3.05, 3.63) is 65.0 Å². The minimum Gasteiger partial charge on any atom is -0.387 e. The molecule has 3 rings (SSSR count). The van der Waals surface area contributed by atoms with Crippen molar-refractivity contribution in [3.63, 3.8) is 0 Å². The predicted octanol–water partition coefficient (Wildman–Crippen LogP) is 3.55. The molecule has 0 saturated heterocycles. The quantitative estimate of drug-likeness (QED) is 0.929. The van der Waals surface area contributed by atoms with Crippen LogP contribution in [-0.4, -0.2) is 15.9 Å². The summed E-state index contributed by atoms with van der Waals surface area (Å²) in [6, 6.07) is 6.65. The third kappa shape index (κ3) is 2.82. The van der Waals surface area contributed by atoms with E-state index in [0.717, 1.165) is 6.07 Å². The lowest BCUT2D eigenvalue weighted by Gasteiger charge is -2.32. The van der Waals surface area contributed by atoms with Crippen molar-refractivity contribution in [2.24, 2.45) is 0 Å². The predicted molar refractivity (Wildman–Crippen MR) is 80.9 cm³/mol. The first-order valence-electron chi connectivity index (χ1n) is 7.72. The summed E-state index contributed by atoms with van der Waals surface area (Å²) in [5, 5.41) is 9.92. The fraction of sp³-hybridized carbons (Fsp3) is 0.333. The molecule has 0 unspecified atom stereocenters. The van der Waals surface area contributed by atoms with Gasteiger partial charge >= 0.3 is 0 Å². The zero-order valence-electron chi connectivity index (χ0n) is 12.8. The molecule has 0 saturated carbocycles. The number of pyridine rings is 1. The molecule has 0 aliphatic heterocycles. The number of rotatable bonds is 4. The SMILES string of the molecule is O=C(CCc1cccc(F)c1F)[C@]1(F)CC[C@H](O)c2ncccc21. The zero-order chi connectivity index (χ0) is 17.3. The van der Waals surface area contributed by atoms with Gasteiger partial charge in [-0.15, -0.1) is 0 Å². The highest BCUT2D eigenvalue weighted by molar-refractivity contribution is 5.89. The van der Waals surface area contributed by atoms with Crippen LogP contribution in [0.4, 0.5) is 13.2 Å². The third-order valence-electron chi connectivity index (χ3n) is 4.44. The molecule has 0 fully saturated rings. The van der Waals surface area contributed by atoms with Crippen molar-refractivity contribution >= 4 is 5.78 Å². The summed E-state index contributed by atoms with van der Waals surface area (Å²) in [5.74, 6) is -2.73. The van der Waals surface area contributed by atoms with Crippen LogP contribution in [0, 0.1) is 11.6 Å². The van der Waals surface area contributed by atoms with E-state index in [1.54, 1.807) is 0 Å². The molecule has 6 heteroatoms. The van der Waals surface area contributed by atoms with Crippen molar-refractivity contribution in [2.45, 2.75) is 37.5 Å². The number of ketones is 1. The summed E-state index contributed by atoms with van der Waals surface area (Å²) in [6.45, 7) is 0. The standard InChI is InChI=1S/C18H16F3NO2/c19-13-5-1-3-11(16(13)20)6-7-15(24)18(21)9-8-14(23)17-12(18)4-2-10-22-17/h1-5,10,14,23H,6-9H2/t14-,18-/m0/s1. The number of hydrogen-bond donors (Lipinski definition) is 1. The van der Waals surface area contributed by atoms with Gasteiger partial charge in [0, 0.05) is 18.2 Å². The number of hydrogen-bond acceptors (Lipinski definition) is 3. The number of nitrogens with zero attached hydrogens (tertiary/aromatic N) is 1. The van der Waals surface area contributed by atoms with Crippen molar-refractivity contribution in [1.82, 2.24) is 4.98 Å². The highest BCUT2D eigenvalue weighted by Crippen LogP contribution is 2.43. The van der Waals surface area contributed by atoms with E-state index in [9.17, 15) is 18.7 Å². The Hall–Kier alpha value is -2.21. The van der Waals surface area contributed by atoms with Gasteiger partial charge in [0.1, 0.15) is 0 Å². The number of aromatic nitrogens is 1. The lowest BCUT2D eigenvalue weighted by atomic mass is 9.77. The fourth-order valence-corrected chi connectivity index (χ4v) is 3.10. The van der Waals surface area contributed by atoms with Crippen LogP contribution >= 0.6 is 0 Å². The molecule has 1 heterocycles. The van der Waals surface area contributed by atoms with Crippen LogP contribution in [0.5, 0.6) is 0 Å². The molecule has 24 heavy (non-hydrogen) atoms. The average molecular weight is 335 g/mol. The van der Waals surface area contributed by atoms with Crippen LogP contribution in [-0.2, 0) is 16.9 Å². The molecule has 126 valence electrons. The van der Waals surface area contributed by atoms with E-state index in [4.69, 9.17) is 0 Å². The molecule has 1 aliphatic carbocycles. The number of carbonyl (C=O) groups is 1. The zero-order valence-corrected chi connectivity index (χ0v) is 12.8. The van der Waals surface area contributed by atoms with Crippen LogP contribution in [0.2, 0.25) is 0 Å². The summed E-state index contributed by atoms with van der Waals surface area (Å²) < 4.78 is 42.2. The van der Waals surface area contributed by atoms with Gasteiger partial charge in [0.2, 0.25) is 0 Å². The van der Waals surface area contributed by atoms with Crippen LogP contribution in [0.1, 0.15) is 42.2 Å². The van der Waals surface area contributed by atoms with Crippen molar-refractivity contribution < 1.29 is 23.1 Å². The first-order chi connectivity index (χ1) is 11.4. The molecule has 0 radical (unpaired) electrons. The van der Waals surface area contributed by atoms with E-state index in [2.05, 4.69) is 4.98 Å². The number of alkyl halides is 1. The minimum atomic E-state index is -2.26. The lowest BCUT2D eigenvalue weighted by Crippen LogP contribution is -2.37. The van der Waals surface area contributed by atoms with E-state index in [1.165, 1.54) is 30.5 Å². The maximum atomic E-state index is 15.3. The Labute approximate surface area is 137 Å². The van der Waals surface area contributed by atoms with Gasteiger partial charge in [0.25, 0.3) is 0 Å². The first kappa shape index (κ1) is 16.6. The second-order valence-corrected chi connectivity index (χ2v) is 5.93. The summed E-state index contributed by atoms with van der Waals surface area (Å²) in [4.78, 5) is 16.4. The van der Waals surface area contributed by atoms with Crippen molar-refractivity contribution in [2.75, 3.05) is 0 Å². The Bertz CT molecular complexity index is 781. The second-order valence-electron chi connectivity index (χ2n) is 5.93. The maximum absolute atomic E-state index is 15.3. The van der Waals surface area contributed by atoms with E-state index in [1.807, 2.05) is 0 Å². The normalized spacial score (nSPS) is 22.9. The Morgan fingerprint density at radius 3 is 2.88 bits per heavy atom. The van der Waals surface area contributed by atoms with Crippen LogP contribution < -0.4 is 0 Å². The summed E-state index contributed by atoms with van der Waals surface area (Å²) in [6.07, 6.45) is 0.102. The van der Waals surface area contributed by atoms with Crippen LogP contribution in [0.3, 0.4) is 0 Å². The fourth-order valence-electron chi connectivity index (χ4n) is 3.10. The van der Waals surface area contributed by atoms with Crippen molar-refractivity contribution in [3.8, 4) is 0 Å². The molecule has 1 aromatic carbocycles. The highest BCUT2D eigenvalue weighted by Gasteiger charge is 2.45. The maximum Gasteiger partial charge on any atom is 0.195 e. The molecule has 0 bridgehead atoms. The highest BCUT2D eigenvalue weighted by atomic mass is 19.2. The number of aliphatic hydroxyl groups is 1. The Morgan fingerprint density at radius 2 is 2.08 bits per heavy atom. The molecule has 0 amide bonds. The second kappa shape index (κ2) is 6.36. The van der Waals surface area contributed by atoms with Crippen LogP contribution in [0.25, 0.3) is 0 Å². The monoisotopic (exact) mass is 335 g/mol. The molecular formula is C18H16F3NO2. The lowest BCUT2D eigenvalue weighted by molar-refractivity contribution is -0.133. The van der Waals surface area contributed by atoms with Gasteiger partial charge in [0.15, 0.2) is 23.1 Å². The first-order valence-corrected chi connectivity index (χ1v) is 7.72. The third-order valence-corrected chi connectivity index (χ3v) is 4.44. The van der Waals surface area contributed by atoms with E-state index in [0.29, 0.717) is 0 Å². The van der Waals surface area contributed by atoms with E-state index < -0.39 is 29.2 Å². The Balaban J connectivity index is 1.82. The summed E-state index contributed by atoms with van der Waals surface area (Å²) in [7, 11) is 0. The van der Waals surface area contributed by atoms with Gasteiger partial charge in [-0.1, -0.05) is 18.2 Å². The smallest absolute Gasteiger partial charge is 0.195 e. The minimum absolute atomic E-state index is 0.0363. The average Bonchev–Trinajstić information content (AvgIpc) is 2.59. The molecule has 1 aromatic heterocycles. The number of fused-ring (bicyclic) bond motifs is 1. The molecule has 0 spiro atoms. The Kier molecular flexibility index (Phi) is 4.41. The summed E-state index contributed by atoms with van der Waals surface area (Å²) >= 11 is 0. The topological polar surface area (TPSA) is 50.2 Å². The molecule has 1 N–H and O–H groups in total. The van der Waals surface area contributed by atoms with E-state index >= 15 is 4.39 Å². The van der Waals surface area contributed by atoms with Gasteiger partial charge in [-0.25, -0.2) is 13.2 Å². The Morgan fingerprint density at radius 1 is 1.29 bits per heavy atom. The summed E-state index contributed by atoms with van der Waals surface area (Å²) in [5.41, 5.74) is -1.99. The van der Waals surface area contributed by atoms with Crippen molar-refractivity contribution in [1.29, 1.82) is 0 Å². The number of halogens is 3. The van der Waals surface area contributed by atoms with Gasteiger partial charge < -0.3 is 5.11 Å². The number of aryl methyl sites for hydroxylation is 1. The van der Waals surface area contributed by atoms with Crippen LogP contribution in [0.15, 0.2) is 36.5 Å². The number of carbonyl (C=O) groups excluding carboxylic acids is 1. The number of benzene rings is 1. The molecule has 2 atom stereocenters. The van der Waals surface area contributed by atoms with E-state index in [-0.39, 0.29) is 42.5 Å². The number of aliphatic hydroxyl groups excluding tert-OH is 1. The largest absolute Gasteiger partial charge is 0.387 e. The molecular weight excluding hydrogens is 319 g/mol.